The smallest absolute Gasteiger partial charge is 0.0438 e. The number of nitrogens with one attached hydrogen (secondary N) is 1. The van der Waals surface area contributed by atoms with Gasteiger partial charge in [0.1, 0.15) is 0 Å². The van der Waals surface area contributed by atoms with Gasteiger partial charge in [0, 0.05) is 31.0 Å². The summed E-state index contributed by atoms with van der Waals surface area (Å²) in [6.45, 7) is 5.30. The summed E-state index contributed by atoms with van der Waals surface area (Å²) in [5.74, 6) is 0. The highest BCUT2D eigenvalue weighted by atomic mass is 15.1. The molecule has 3 rings (SSSR count). The van der Waals surface area contributed by atoms with E-state index in [0.717, 1.165) is 12.6 Å². The molecule has 0 heterocycles. The van der Waals surface area contributed by atoms with E-state index in [-0.39, 0.29) is 0 Å². The molecule has 0 aromatic heterocycles. The van der Waals surface area contributed by atoms with Gasteiger partial charge < -0.3 is 10.2 Å². The molecule has 2 aromatic carbocycles. The second kappa shape index (κ2) is 5.90. The third kappa shape index (κ3) is 3.45. The van der Waals surface area contributed by atoms with E-state index in [9.17, 15) is 0 Å². The Balaban J connectivity index is 1.75. The monoisotopic (exact) mass is 280 g/mol. The second-order valence-corrected chi connectivity index (χ2v) is 6.17. The average molecular weight is 280 g/mol. The van der Waals surface area contributed by atoms with Crippen LogP contribution in [0.3, 0.4) is 0 Å². The van der Waals surface area contributed by atoms with Gasteiger partial charge in [0.15, 0.2) is 0 Å². The first kappa shape index (κ1) is 14.2. The number of nitrogens with zero attached hydrogens (tertiary/aromatic N) is 1. The fourth-order valence-electron chi connectivity index (χ4n) is 2.66. The van der Waals surface area contributed by atoms with Crippen molar-refractivity contribution < 1.29 is 0 Å². The molecule has 0 bridgehead atoms. The Morgan fingerprint density at radius 2 is 1.76 bits per heavy atom. The average Bonchev–Trinajstić information content (AvgIpc) is 3.29. The maximum Gasteiger partial charge on any atom is 0.0438 e. The van der Waals surface area contributed by atoms with Crippen molar-refractivity contribution in [3.63, 3.8) is 0 Å². The van der Waals surface area contributed by atoms with Gasteiger partial charge in [-0.2, -0.15) is 0 Å². The minimum absolute atomic E-state index is 0.764. The van der Waals surface area contributed by atoms with Crippen LogP contribution in [0.25, 0.3) is 0 Å². The molecule has 0 spiro atoms. The summed E-state index contributed by atoms with van der Waals surface area (Å²) in [6.07, 6.45) is 2.68. The lowest BCUT2D eigenvalue weighted by atomic mass is 10.1. The Kier molecular flexibility index (Phi) is 3.98. The zero-order valence-corrected chi connectivity index (χ0v) is 13.2. The molecule has 0 radical (unpaired) electrons. The van der Waals surface area contributed by atoms with Crippen LogP contribution in [-0.2, 0) is 6.54 Å². The van der Waals surface area contributed by atoms with Gasteiger partial charge in [-0.15, -0.1) is 0 Å². The lowest BCUT2D eigenvalue weighted by Gasteiger charge is -2.22. The van der Waals surface area contributed by atoms with Crippen molar-refractivity contribution in [2.75, 3.05) is 11.9 Å². The van der Waals surface area contributed by atoms with E-state index in [1.54, 1.807) is 0 Å². The quantitative estimate of drug-likeness (QED) is 0.877. The summed E-state index contributed by atoms with van der Waals surface area (Å²) in [6, 6.07) is 16.2. The SMILES string of the molecule is Cc1ccc(N(C)c2ccc(CNC3CC3)cc2C)cc1. The molecule has 2 aromatic rings. The number of rotatable bonds is 5. The van der Waals surface area contributed by atoms with Crippen LogP contribution in [0.2, 0.25) is 0 Å². The predicted molar refractivity (Wildman–Crippen MR) is 90.3 cm³/mol. The van der Waals surface area contributed by atoms with Crippen molar-refractivity contribution in [1.29, 1.82) is 0 Å². The van der Waals surface area contributed by atoms with Gasteiger partial charge in [-0.05, 0) is 56.0 Å². The summed E-state index contributed by atoms with van der Waals surface area (Å²) in [5.41, 5.74) is 6.50. The summed E-state index contributed by atoms with van der Waals surface area (Å²) >= 11 is 0. The number of hydrogen-bond acceptors (Lipinski definition) is 2. The van der Waals surface area contributed by atoms with Crippen molar-refractivity contribution in [2.45, 2.75) is 39.3 Å². The molecule has 1 N–H and O–H groups in total. The lowest BCUT2D eigenvalue weighted by Crippen LogP contribution is -2.16. The first-order valence-electron chi connectivity index (χ1n) is 7.77. The van der Waals surface area contributed by atoms with Crippen LogP contribution in [-0.4, -0.2) is 13.1 Å². The molecular formula is C19H24N2. The lowest BCUT2D eigenvalue weighted by molar-refractivity contribution is 0.687. The molecule has 21 heavy (non-hydrogen) atoms. The van der Waals surface area contributed by atoms with Gasteiger partial charge in [-0.1, -0.05) is 29.8 Å². The molecule has 1 aliphatic rings. The van der Waals surface area contributed by atoms with Gasteiger partial charge in [0.05, 0.1) is 0 Å². The Labute approximate surface area is 127 Å². The van der Waals surface area contributed by atoms with Gasteiger partial charge in [0.2, 0.25) is 0 Å². The van der Waals surface area contributed by atoms with E-state index >= 15 is 0 Å². The third-order valence-electron chi connectivity index (χ3n) is 4.22. The zero-order valence-electron chi connectivity index (χ0n) is 13.2. The van der Waals surface area contributed by atoms with Gasteiger partial charge in [0.25, 0.3) is 0 Å². The molecule has 0 unspecified atom stereocenters. The number of benzene rings is 2. The Morgan fingerprint density at radius 1 is 1.05 bits per heavy atom. The van der Waals surface area contributed by atoms with Gasteiger partial charge in [-0.25, -0.2) is 0 Å². The molecule has 2 heteroatoms. The molecular weight excluding hydrogens is 256 g/mol. The number of anilines is 2. The predicted octanol–water partition coefficient (Wildman–Crippen LogP) is 4.32. The fourth-order valence-corrected chi connectivity index (χ4v) is 2.66. The van der Waals surface area contributed by atoms with Gasteiger partial charge >= 0.3 is 0 Å². The van der Waals surface area contributed by atoms with Crippen LogP contribution in [0, 0.1) is 13.8 Å². The normalized spacial score (nSPS) is 14.2. The van der Waals surface area contributed by atoms with E-state index in [1.165, 1.54) is 40.9 Å². The molecule has 0 atom stereocenters. The largest absolute Gasteiger partial charge is 0.344 e. The fraction of sp³-hybridized carbons (Fsp3) is 0.368. The van der Waals surface area contributed by atoms with Crippen LogP contribution in [0.1, 0.15) is 29.5 Å². The summed E-state index contributed by atoms with van der Waals surface area (Å²) in [4.78, 5) is 2.26. The second-order valence-electron chi connectivity index (χ2n) is 6.17. The first-order chi connectivity index (χ1) is 10.1. The molecule has 1 saturated carbocycles. The van der Waals surface area contributed by atoms with Crippen LogP contribution < -0.4 is 10.2 Å². The van der Waals surface area contributed by atoms with Crippen molar-refractivity contribution >= 4 is 11.4 Å². The van der Waals surface area contributed by atoms with E-state index in [1.807, 2.05) is 0 Å². The third-order valence-corrected chi connectivity index (χ3v) is 4.22. The van der Waals surface area contributed by atoms with E-state index < -0.39 is 0 Å². The highest BCUT2D eigenvalue weighted by Crippen LogP contribution is 2.28. The van der Waals surface area contributed by atoms with Crippen LogP contribution >= 0.6 is 0 Å². The standard InChI is InChI=1S/C19H24N2/c1-14-4-9-18(10-5-14)21(3)19-11-6-16(12-15(19)2)13-20-17-7-8-17/h4-6,9-12,17,20H,7-8,13H2,1-3H3. The minimum Gasteiger partial charge on any atom is -0.344 e. The van der Waals surface area contributed by atoms with Crippen molar-refractivity contribution in [2.24, 2.45) is 0 Å². The molecule has 110 valence electrons. The van der Waals surface area contributed by atoms with Crippen molar-refractivity contribution in [1.82, 2.24) is 5.32 Å². The number of hydrogen-bond donors (Lipinski definition) is 1. The topological polar surface area (TPSA) is 15.3 Å². The Morgan fingerprint density at radius 3 is 2.38 bits per heavy atom. The Bertz CT molecular complexity index is 612. The van der Waals surface area contributed by atoms with E-state index in [2.05, 4.69) is 73.6 Å². The molecule has 0 saturated heterocycles. The van der Waals surface area contributed by atoms with Crippen LogP contribution in [0.5, 0.6) is 0 Å². The van der Waals surface area contributed by atoms with Crippen molar-refractivity contribution in [3.05, 3.63) is 59.2 Å². The van der Waals surface area contributed by atoms with Crippen LogP contribution in [0.4, 0.5) is 11.4 Å². The maximum atomic E-state index is 3.57. The summed E-state index contributed by atoms with van der Waals surface area (Å²) in [5, 5.41) is 3.57. The first-order valence-corrected chi connectivity index (χ1v) is 7.77. The molecule has 0 aliphatic heterocycles. The Hall–Kier alpha value is -1.80. The summed E-state index contributed by atoms with van der Waals surface area (Å²) in [7, 11) is 2.13. The molecule has 2 nitrogen and oxygen atoms in total. The highest BCUT2D eigenvalue weighted by Gasteiger charge is 2.20. The van der Waals surface area contributed by atoms with E-state index in [4.69, 9.17) is 0 Å². The summed E-state index contributed by atoms with van der Waals surface area (Å²) < 4.78 is 0. The molecule has 1 aliphatic carbocycles. The van der Waals surface area contributed by atoms with Crippen LogP contribution in [0.15, 0.2) is 42.5 Å². The van der Waals surface area contributed by atoms with E-state index in [0.29, 0.717) is 0 Å². The molecule has 0 amide bonds. The number of aryl methyl sites for hydroxylation is 2. The highest BCUT2D eigenvalue weighted by molar-refractivity contribution is 5.66. The van der Waals surface area contributed by atoms with Gasteiger partial charge in [-0.3, -0.25) is 0 Å². The molecule has 1 fully saturated rings. The van der Waals surface area contributed by atoms with Crippen molar-refractivity contribution in [3.8, 4) is 0 Å². The maximum absolute atomic E-state index is 3.57. The zero-order chi connectivity index (χ0) is 14.8. The minimum atomic E-state index is 0.764.